The summed E-state index contributed by atoms with van der Waals surface area (Å²) in [6.07, 6.45) is 2.78. The van der Waals surface area contributed by atoms with Gasteiger partial charge in [0.2, 0.25) is 11.8 Å². The first-order chi connectivity index (χ1) is 15.0. The van der Waals surface area contributed by atoms with E-state index in [0.717, 1.165) is 29.0 Å². The lowest BCUT2D eigenvalue weighted by Crippen LogP contribution is -2.33. The smallest absolute Gasteiger partial charge is 0.227 e. The Kier molecular flexibility index (Phi) is 7.50. The van der Waals surface area contributed by atoms with Crippen molar-refractivity contribution in [3.05, 3.63) is 71.8 Å². The molecule has 160 valence electrons. The molecule has 1 aliphatic heterocycles. The number of rotatable bonds is 7. The third-order valence-corrected chi connectivity index (χ3v) is 5.41. The first-order valence-corrected chi connectivity index (χ1v) is 10.4. The highest BCUT2D eigenvalue weighted by Crippen LogP contribution is 2.27. The van der Waals surface area contributed by atoms with Crippen molar-refractivity contribution in [2.45, 2.75) is 26.7 Å². The zero-order valence-electron chi connectivity index (χ0n) is 18.1. The fraction of sp³-hybridized carbons (Fsp3) is 0.308. The Hall–Kier alpha value is -3.52. The summed E-state index contributed by atoms with van der Waals surface area (Å²) >= 11 is 0. The molecule has 5 nitrogen and oxygen atoms in total. The number of nitrogens with one attached hydrogen (secondary N) is 1. The minimum absolute atomic E-state index is 0.0268. The van der Waals surface area contributed by atoms with Crippen molar-refractivity contribution < 1.29 is 14.3 Å². The van der Waals surface area contributed by atoms with E-state index in [0.29, 0.717) is 6.54 Å². The van der Waals surface area contributed by atoms with E-state index in [9.17, 15) is 9.59 Å². The van der Waals surface area contributed by atoms with Crippen molar-refractivity contribution in [3.8, 4) is 17.6 Å². The van der Waals surface area contributed by atoms with Gasteiger partial charge in [0.05, 0.1) is 12.5 Å². The number of hydrogen-bond acceptors (Lipinski definition) is 3. The van der Waals surface area contributed by atoms with Gasteiger partial charge in [-0.05, 0) is 55.2 Å². The van der Waals surface area contributed by atoms with Crippen LogP contribution in [-0.4, -0.2) is 31.5 Å². The van der Waals surface area contributed by atoms with E-state index < -0.39 is 0 Å². The maximum atomic E-state index is 12.5. The normalized spacial score (nSPS) is 15.2. The lowest BCUT2D eigenvalue weighted by atomic mass is 10.1. The van der Waals surface area contributed by atoms with Gasteiger partial charge in [-0.25, -0.2) is 0 Å². The van der Waals surface area contributed by atoms with Crippen LogP contribution in [0, 0.1) is 31.6 Å². The number of allylic oxidation sites excluding steroid dienone is 1. The second-order valence-corrected chi connectivity index (χ2v) is 7.63. The van der Waals surface area contributed by atoms with E-state index in [4.69, 9.17) is 4.74 Å². The molecule has 2 aromatic carbocycles. The van der Waals surface area contributed by atoms with Gasteiger partial charge in [-0.1, -0.05) is 42.2 Å². The molecule has 0 spiro atoms. The first kappa shape index (κ1) is 22.2. The second kappa shape index (κ2) is 10.5. The molecule has 0 aliphatic carbocycles. The first-order valence-electron chi connectivity index (χ1n) is 10.4. The molecule has 1 saturated heterocycles. The van der Waals surface area contributed by atoms with Crippen molar-refractivity contribution in [1.82, 2.24) is 5.32 Å². The number of carbonyl (C=O) groups is 2. The Bertz CT molecular complexity index is 1030. The molecule has 0 bridgehead atoms. The van der Waals surface area contributed by atoms with Crippen LogP contribution in [0.15, 0.2) is 55.1 Å². The van der Waals surface area contributed by atoms with Crippen molar-refractivity contribution in [1.29, 1.82) is 0 Å². The molecule has 1 fully saturated rings. The van der Waals surface area contributed by atoms with Crippen LogP contribution >= 0.6 is 0 Å². The summed E-state index contributed by atoms with van der Waals surface area (Å²) in [5.74, 6) is 6.07. The molecular formula is C26H28N2O3. The minimum atomic E-state index is -0.363. The Labute approximate surface area is 184 Å². The van der Waals surface area contributed by atoms with Crippen LogP contribution < -0.4 is 15.0 Å². The molecule has 1 heterocycles. The molecule has 5 heteroatoms. The minimum Gasteiger partial charge on any atom is -0.481 e. The van der Waals surface area contributed by atoms with E-state index in [1.165, 1.54) is 5.56 Å². The molecule has 3 rings (SSSR count). The second-order valence-electron chi connectivity index (χ2n) is 7.63. The van der Waals surface area contributed by atoms with Crippen LogP contribution in [0.4, 0.5) is 5.69 Å². The molecule has 0 saturated carbocycles. The molecule has 0 radical (unpaired) electrons. The van der Waals surface area contributed by atoms with Crippen LogP contribution in [0.25, 0.3) is 0 Å². The lowest BCUT2D eigenvalue weighted by molar-refractivity contribution is -0.126. The molecule has 1 unspecified atom stereocenters. The van der Waals surface area contributed by atoms with Gasteiger partial charge >= 0.3 is 0 Å². The molecule has 1 aliphatic rings. The van der Waals surface area contributed by atoms with Gasteiger partial charge in [0.15, 0.2) is 0 Å². The summed E-state index contributed by atoms with van der Waals surface area (Å²) in [6, 6.07) is 13.7. The van der Waals surface area contributed by atoms with Gasteiger partial charge in [0.1, 0.15) is 12.4 Å². The number of aryl methyl sites for hydroxylation is 2. The average Bonchev–Trinajstić information content (AvgIpc) is 3.15. The predicted molar refractivity (Wildman–Crippen MR) is 123 cm³/mol. The van der Waals surface area contributed by atoms with E-state index >= 15 is 0 Å². The fourth-order valence-electron chi connectivity index (χ4n) is 3.50. The molecule has 2 aromatic rings. The SMILES string of the molecule is C=CCc1ccccc1OCC#CCNC(=O)C1CC(=O)N(c2ccc(C)c(C)c2)C1. The summed E-state index contributed by atoms with van der Waals surface area (Å²) in [7, 11) is 0. The van der Waals surface area contributed by atoms with Crippen LogP contribution in [0.5, 0.6) is 5.75 Å². The van der Waals surface area contributed by atoms with E-state index in [1.54, 1.807) is 4.90 Å². The van der Waals surface area contributed by atoms with Crippen LogP contribution in [0.2, 0.25) is 0 Å². The maximum Gasteiger partial charge on any atom is 0.227 e. The molecule has 1 atom stereocenters. The van der Waals surface area contributed by atoms with Crippen LogP contribution in [0.1, 0.15) is 23.1 Å². The highest BCUT2D eigenvalue weighted by molar-refractivity contribution is 6.00. The van der Waals surface area contributed by atoms with Gasteiger partial charge < -0.3 is 15.0 Å². The standard InChI is InChI=1S/C26H28N2O3/c1-4-9-21-10-5-6-11-24(21)31-15-8-7-14-27-26(30)22-17-25(29)28(18-22)23-13-12-19(2)20(3)16-23/h4-6,10-13,16,22H,1,9,14-15,17-18H2,2-3H3,(H,27,30). The number of ether oxygens (including phenoxy) is 1. The number of nitrogens with zero attached hydrogens (tertiary/aromatic N) is 1. The highest BCUT2D eigenvalue weighted by Gasteiger charge is 2.34. The van der Waals surface area contributed by atoms with Crippen LogP contribution in [0.3, 0.4) is 0 Å². The van der Waals surface area contributed by atoms with Crippen molar-refractivity contribution in [2.24, 2.45) is 5.92 Å². The van der Waals surface area contributed by atoms with Crippen molar-refractivity contribution >= 4 is 17.5 Å². The Balaban J connectivity index is 1.46. The van der Waals surface area contributed by atoms with Gasteiger partial charge in [-0.3, -0.25) is 9.59 Å². The molecular weight excluding hydrogens is 388 g/mol. The van der Waals surface area contributed by atoms with Gasteiger partial charge in [-0.15, -0.1) is 6.58 Å². The van der Waals surface area contributed by atoms with Gasteiger partial charge in [0, 0.05) is 18.7 Å². The third-order valence-electron chi connectivity index (χ3n) is 5.41. The number of benzene rings is 2. The quantitative estimate of drug-likeness (QED) is 0.554. The molecule has 0 aromatic heterocycles. The number of anilines is 1. The number of carbonyl (C=O) groups excluding carboxylic acids is 2. The zero-order chi connectivity index (χ0) is 22.2. The monoisotopic (exact) mass is 416 g/mol. The van der Waals surface area contributed by atoms with E-state index in [1.807, 2.05) is 62.4 Å². The molecule has 31 heavy (non-hydrogen) atoms. The molecule has 2 amide bonds. The van der Waals surface area contributed by atoms with Gasteiger partial charge in [-0.2, -0.15) is 0 Å². The summed E-state index contributed by atoms with van der Waals surface area (Å²) in [6.45, 7) is 8.67. The Morgan fingerprint density at radius 3 is 2.81 bits per heavy atom. The zero-order valence-corrected chi connectivity index (χ0v) is 18.1. The number of para-hydroxylation sites is 1. The number of amides is 2. The number of hydrogen-bond donors (Lipinski definition) is 1. The Morgan fingerprint density at radius 2 is 2.03 bits per heavy atom. The largest absolute Gasteiger partial charge is 0.481 e. The highest BCUT2D eigenvalue weighted by atomic mass is 16.5. The maximum absolute atomic E-state index is 12.5. The lowest BCUT2D eigenvalue weighted by Gasteiger charge is -2.17. The van der Waals surface area contributed by atoms with Crippen molar-refractivity contribution in [2.75, 3.05) is 24.6 Å². The summed E-state index contributed by atoms with van der Waals surface area (Å²) < 4.78 is 5.71. The fourth-order valence-corrected chi connectivity index (χ4v) is 3.50. The predicted octanol–water partition coefficient (Wildman–Crippen LogP) is 3.58. The third kappa shape index (κ3) is 5.76. The Morgan fingerprint density at radius 1 is 1.23 bits per heavy atom. The summed E-state index contributed by atoms with van der Waals surface area (Å²) in [5.41, 5.74) is 4.21. The average molecular weight is 417 g/mol. The van der Waals surface area contributed by atoms with Gasteiger partial charge in [0.25, 0.3) is 0 Å². The molecule has 1 N–H and O–H groups in total. The van der Waals surface area contributed by atoms with E-state index in [-0.39, 0.29) is 37.3 Å². The van der Waals surface area contributed by atoms with E-state index in [2.05, 4.69) is 23.7 Å². The van der Waals surface area contributed by atoms with Crippen LogP contribution in [-0.2, 0) is 16.0 Å². The summed E-state index contributed by atoms with van der Waals surface area (Å²) in [4.78, 5) is 26.6. The topological polar surface area (TPSA) is 58.6 Å². The summed E-state index contributed by atoms with van der Waals surface area (Å²) in [5, 5.41) is 2.81. The van der Waals surface area contributed by atoms with Crippen molar-refractivity contribution in [3.63, 3.8) is 0 Å².